The summed E-state index contributed by atoms with van der Waals surface area (Å²) in [6.07, 6.45) is 60.3. The SMILES string of the molecule is CCCCCCCCCCCC[N+](C)(C)CCCCCCN(CCCCCC[N+](C)(C)CCCCCCCCCCCC)CCCCCC[N+](C)(C)CCCCCCCCCCCC. The maximum absolute atomic E-state index is 2.89. The Balaban J connectivity index is 4.45. The number of quaternary nitrogens is 3. The number of rotatable bonds is 54. The highest BCUT2D eigenvalue weighted by Gasteiger charge is 2.16. The fourth-order valence-corrected chi connectivity index (χ4v) is 10.4. The van der Waals surface area contributed by atoms with Crippen LogP contribution < -0.4 is 0 Å². The highest BCUT2D eigenvalue weighted by Crippen LogP contribution is 2.17. The molecule has 4 heteroatoms. The molecule has 0 aromatic heterocycles. The number of hydrogen-bond donors (Lipinski definition) is 0. The Kier molecular flexibility index (Phi) is 46.4. The van der Waals surface area contributed by atoms with Crippen LogP contribution in [-0.2, 0) is 0 Å². The zero-order valence-electron chi connectivity index (χ0n) is 46.9. The van der Waals surface area contributed by atoms with Gasteiger partial charge in [0, 0.05) is 0 Å². The van der Waals surface area contributed by atoms with Crippen LogP contribution in [-0.4, -0.2) is 120 Å². The summed E-state index contributed by atoms with van der Waals surface area (Å²) in [5, 5.41) is 0. The van der Waals surface area contributed by atoms with Gasteiger partial charge < -0.3 is 18.3 Å². The molecule has 0 atom stereocenters. The number of nitrogens with zero attached hydrogens (tertiary/aromatic N) is 4. The molecular weight excluding hydrogens is 777 g/mol. The van der Waals surface area contributed by atoms with E-state index in [2.05, 4.69) is 68.0 Å². The van der Waals surface area contributed by atoms with Crippen LogP contribution in [0.15, 0.2) is 0 Å². The van der Waals surface area contributed by atoms with Gasteiger partial charge in [-0.05, 0) is 116 Å². The van der Waals surface area contributed by atoms with Crippen LogP contribution in [0.25, 0.3) is 0 Å². The number of unbranched alkanes of at least 4 members (excludes halogenated alkanes) is 36. The van der Waals surface area contributed by atoms with Gasteiger partial charge >= 0.3 is 0 Å². The molecule has 0 unspecified atom stereocenters. The monoisotopic (exact) mass is 906 g/mol. The van der Waals surface area contributed by atoms with Gasteiger partial charge in [0.15, 0.2) is 0 Å². The summed E-state index contributed by atoms with van der Waals surface area (Å²) < 4.78 is 3.69. The van der Waals surface area contributed by atoms with Crippen molar-refractivity contribution in [1.29, 1.82) is 0 Å². The summed E-state index contributed by atoms with van der Waals surface area (Å²) in [6.45, 7) is 19.2. The molecule has 0 aromatic carbocycles. The first-order chi connectivity index (χ1) is 31.0. The van der Waals surface area contributed by atoms with Crippen molar-refractivity contribution >= 4 is 0 Å². The number of hydrogen-bond acceptors (Lipinski definition) is 1. The predicted molar refractivity (Wildman–Crippen MR) is 293 cm³/mol. The van der Waals surface area contributed by atoms with E-state index >= 15 is 0 Å². The van der Waals surface area contributed by atoms with Crippen LogP contribution in [0.1, 0.15) is 290 Å². The molecule has 0 aliphatic rings. The van der Waals surface area contributed by atoms with Gasteiger partial charge in [0.25, 0.3) is 0 Å². The highest BCUT2D eigenvalue weighted by molar-refractivity contribution is 4.61. The van der Waals surface area contributed by atoms with Crippen LogP contribution in [0.3, 0.4) is 0 Å². The molecule has 0 aliphatic carbocycles. The average Bonchev–Trinajstić information content (AvgIpc) is 3.26. The van der Waals surface area contributed by atoms with Crippen molar-refractivity contribution in [3.05, 3.63) is 0 Å². The Labute approximate surface area is 408 Å². The van der Waals surface area contributed by atoms with Gasteiger partial charge in [-0.3, -0.25) is 0 Å². The molecule has 0 bridgehead atoms. The molecule has 0 rings (SSSR count). The van der Waals surface area contributed by atoms with Gasteiger partial charge in [-0.2, -0.15) is 0 Å². The Morgan fingerprint density at radius 3 is 0.500 bits per heavy atom. The molecule has 0 saturated heterocycles. The van der Waals surface area contributed by atoms with E-state index in [9.17, 15) is 0 Å². The van der Waals surface area contributed by atoms with Crippen molar-refractivity contribution in [2.24, 2.45) is 0 Å². The van der Waals surface area contributed by atoms with Crippen molar-refractivity contribution in [3.63, 3.8) is 0 Å². The van der Waals surface area contributed by atoms with Gasteiger partial charge in [0.1, 0.15) is 0 Å². The largest absolute Gasteiger partial charge is 0.328 e. The highest BCUT2D eigenvalue weighted by atomic mass is 15.3. The molecule has 0 heterocycles. The van der Waals surface area contributed by atoms with Crippen molar-refractivity contribution in [2.45, 2.75) is 290 Å². The van der Waals surface area contributed by atoms with E-state index in [-0.39, 0.29) is 0 Å². The summed E-state index contributed by atoms with van der Waals surface area (Å²) >= 11 is 0. The summed E-state index contributed by atoms with van der Waals surface area (Å²) in [5.41, 5.74) is 0. The van der Waals surface area contributed by atoms with E-state index in [4.69, 9.17) is 0 Å². The van der Waals surface area contributed by atoms with E-state index in [1.165, 1.54) is 342 Å². The Morgan fingerprint density at radius 2 is 0.328 bits per heavy atom. The Hall–Kier alpha value is -0.160. The lowest BCUT2D eigenvalue weighted by molar-refractivity contribution is -0.890. The first-order valence-electron chi connectivity index (χ1n) is 30.2. The maximum Gasteiger partial charge on any atom is 0.0782 e. The molecule has 0 amide bonds. The molecule has 0 fully saturated rings. The quantitative estimate of drug-likeness (QED) is 0.0434. The molecule has 0 aromatic rings. The maximum atomic E-state index is 2.89. The summed E-state index contributed by atoms with van der Waals surface area (Å²) in [7, 11) is 15.0. The minimum Gasteiger partial charge on any atom is -0.328 e. The van der Waals surface area contributed by atoms with Crippen molar-refractivity contribution in [2.75, 3.05) is 101 Å². The zero-order chi connectivity index (χ0) is 47.1. The normalized spacial score (nSPS) is 12.7. The second kappa shape index (κ2) is 46.6. The third-order valence-corrected chi connectivity index (χ3v) is 15.3. The van der Waals surface area contributed by atoms with Gasteiger partial charge in [0.05, 0.1) is 81.6 Å². The van der Waals surface area contributed by atoms with Crippen LogP contribution in [0.4, 0.5) is 0 Å². The predicted octanol–water partition coefficient (Wildman–Crippen LogP) is 18.0. The average molecular weight is 907 g/mol. The summed E-state index contributed by atoms with van der Waals surface area (Å²) in [6, 6.07) is 0. The second-order valence-electron chi connectivity index (χ2n) is 23.8. The molecule has 4 nitrogen and oxygen atoms in total. The van der Waals surface area contributed by atoms with E-state index < -0.39 is 0 Å². The summed E-state index contributed by atoms with van der Waals surface area (Å²) in [4.78, 5) is 2.89. The van der Waals surface area contributed by atoms with Gasteiger partial charge in [-0.25, -0.2) is 0 Å². The first-order valence-corrected chi connectivity index (χ1v) is 30.2. The molecule has 0 aliphatic heterocycles. The third kappa shape index (κ3) is 48.3. The fraction of sp³-hybridized carbons (Fsp3) is 1.00. The smallest absolute Gasteiger partial charge is 0.0782 e. The van der Waals surface area contributed by atoms with E-state index in [0.717, 1.165) is 0 Å². The summed E-state index contributed by atoms with van der Waals surface area (Å²) in [5.74, 6) is 0. The van der Waals surface area contributed by atoms with E-state index in [0.29, 0.717) is 0 Å². The van der Waals surface area contributed by atoms with Crippen LogP contribution in [0, 0.1) is 0 Å². The topological polar surface area (TPSA) is 3.24 Å². The molecule has 0 spiro atoms. The van der Waals surface area contributed by atoms with E-state index in [1.54, 1.807) is 0 Å². The van der Waals surface area contributed by atoms with Gasteiger partial charge in [-0.15, -0.1) is 0 Å². The second-order valence-corrected chi connectivity index (χ2v) is 23.8. The minimum atomic E-state index is 1.23. The lowest BCUT2D eigenvalue weighted by Gasteiger charge is -2.30. The van der Waals surface area contributed by atoms with Gasteiger partial charge in [-0.1, -0.05) is 194 Å². The molecule has 0 saturated carbocycles. The van der Waals surface area contributed by atoms with Crippen LogP contribution in [0.5, 0.6) is 0 Å². The van der Waals surface area contributed by atoms with Crippen molar-refractivity contribution in [1.82, 2.24) is 4.90 Å². The Bertz CT molecular complexity index is 784. The molecule has 0 N–H and O–H groups in total. The van der Waals surface area contributed by atoms with Crippen LogP contribution >= 0.6 is 0 Å². The van der Waals surface area contributed by atoms with Crippen molar-refractivity contribution < 1.29 is 13.4 Å². The Morgan fingerprint density at radius 1 is 0.188 bits per heavy atom. The van der Waals surface area contributed by atoms with Crippen molar-refractivity contribution in [3.8, 4) is 0 Å². The fourth-order valence-electron chi connectivity index (χ4n) is 10.4. The molecule has 386 valence electrons. The zero-order valence-corrected chi connectivity index (χ0v) is 46.9. The third-order valence-electron chi connectivity index (χ3n) is 15.3. The van der Waals surface area contributed by atoms with Crippen LogP contribution in [0.2, 0.25) is 0 Å². The lowest BCUT2D eigenvalue weighted by Crippen LogP contribution is -2.41. The van der Waals surface area contributed by atoms with Gasteiger partial charge in [0.2, 0.25) is 0 Å². The molecule has 0 radical (unpaired) electrons. The molecular formula is C60H129N4+3. The standard InChI is InChI=1S/C60H129N4/c1-10-13-16-19-22-25-28-31-37-46-55-62(4,5)58-49-40-34-43-52-61(53-44-35-41-50-59-63(6,7)56-47-38-32-29-26-23-20-17-14-11-2)54-45-36-42-51-60-64(8,9)57-48-39-33-30-27-24-21-18-15-12-3/h10-60H2,1-9H3/q+3. The minimum absolute atomic E-state index is 1.23. The van der Waals surface area contributed by atoms with E-state index in [1.807, 2.05) is 0 Å². The lowest BCUT2D eigenvalue weighted by atomic mass is 10.1. The molecule has 64 heavy (non-hydrogen) atoms. The first kappa shape index (κ1) is 63.8.